The third-order valence-electron chi connectivity index (χ3n) is 7.35. The van der Waals surface area contributed by atoms with E-state index >= 15 is 0 Å². The molecule has 178 valence electrons. The predicted molar refractivity (Wildman–Crippen MR) is 129 cm³/mol. The second kappa shape index (κ2) is 9.77. The van der Waals surface area contributed by atoms with Crippen LogP contribution in [0.4, 0.5) is 24.8 Å². The summed E-state index contributed by atoms with van der Waals surface area (Å²) in [5.74, 6) is 1.27. The number of benzene rings is 2. The lowest BCUT2D eigenvalue weighted by Crippen LogP contribution is -2.11. The number of anilines is 2. The Morgan fingerprint density at radius 3 is 1.79 bits per heavy atom. The first-order valence-corrected chi connectivity index (χ1v) is 12.4. The zero-order valence-corrected chi connectivity index (χ0v) is 19.2. The first-order chi connectivity index (χ1) is 16.5. The molecule has 3 nitrogen and oxygen atoms in total. The van der Waals surface area contributed by atoms with Crippen LogP contribution in [0.1, 0.15) is 86.3 Å². The number of halogens is 3. The van der Waals surface area contributed by atoms with Crippen molar-refractivity contribution in [3.05, 3.63) is 71.4 Å². The highest BCUT2D eigenvalue weighted by Crippen LogP contribution is 2.38. The molecule has 1 N–H and O–H groups in total. The van der Waals surface area contributed by atoms with Gasteiger partial charge in [-0.3, -0.25) is 0 Å². The molecule has 1 aromatic heterocycles. The van der Waals surface area contributed by atoms with Crippen molar-refractivity contribution in [3.63, 3.8) is 0 Å². The third-order valence-corrected chi connectivity index (χ3v) is 7.35. The van der Waals surface area contributed by atoms with E-state index in [1.54, 1.807) is 12.1 Å². The summed E-state index contributed by atoms with van der Waals surface area (Å²) in [5, 5.41) is 3.08. The molecular weight excluding hydrogens is 435 g/mol. The molecule has 3 aromatic rings. The minimum Gasteiger partial charge on any atom is -0.324 e. The van der Waals surface area contributed by atoms with Gasteiger partial charge in [0, 0.05) is 17.4 Å². The van der Waals surface area contributed by atoms with Gasteiger partial charge < -0.3 is 5.32 Å². The molecule has 2 aliphatic rings. The first kappa shape index (κ1) is 22.9. The lowest BCUT2D eigenvalue weighted by molar-refractivity contribution is -0.137. The van der Waals surface area contributed by atoms with Crippen LogP contribution in [-0.4, -0.2) is 9.97 Å². The molecule has 0 unspecified atom stereocenters. The molecule has 0 amide bonds. The Hall–Kier alpha value is -2.89. The van der Waals surface area contributed by atoms with Gasteiger partial charge in [0.05, 0.1) is 5.69 Å². The fraction of sp³-hybridized carbons (Fsp3) is 0.429. The van der Waals surface area contributed by atoms with Crippen molar-refractivity contribution in [2.24, 2.45) is 0 Å². The van der Waals surface area contributed by atoms with Crippen LogP contribution >= 0.6 is 0 Å². The van der Waals surface area contributed by atoms with E-state index in [4.69, 9.17) is 0 Å². The Balaban J connectivity index is 1.40. The largest absolute Gasteiger partial charge is 0.419 e. The standard InChI is InChI=1S/C28H30F3N3/c29-28(30,31)25-18-32-27(33-24-16-14-22(15-17-24)20-8-4-5-9-20)34-26(25)23-12-10-21(11-13-23)19-6-2-1-3-7-19/h10-20H,1-9H2,(H,32,33,34). The van der Waals surface area contributed by atoms with Crippen LogP contribution in [0.2, 0.25) is 0 Å². The van der Waals surface area contributed by atoms with Crippen LogP contribution in [0.25, 0.3) is 11.3 Å². The van der Waals surface area contributed by atoms with Gasteiger partial charge in [0.1, 0.15) is 5.56 Å². The van der Waals surface area contributed by atoms with Crippen LogP contribution < -0.4 is 5.32 Å². The summed E-state index contributed by atoms with van der Waals surface area (Å²) < 4.78 is 41.3. The number of hydrogen-bond acceptors (Lipinski definition) is 3. The van der Waals surface area contributed by atoms with E-state index in [0.29, 0.717) is 17.4 Å². The molecule has 0 spiro atoms. The lowest BCUT2D eigenvalue weighted by atomic mass is 9.84. The van der Waals surface area contributed by atoms with Crippen molar-refractivity contribution >= 4 is 11.6 Å². The molecule has 2 fully saturated rings. The highest BCUT2D eigenvalue weighted by molar-refractivity contribution is 5.66. The first-order valence-electron chi connectivity index (χ1n) is 12.4. The molecule has 0 aliphatic heterocycles. The van der Waals surface area contributed by atoms with Gasteiger partial charge in [-0.05, 0) is 60.8 Å². The lowest BCUT2D eigenvalue weighted by Gasteiger charge is -2.22. The van der Waals surface area contributed by atoms with Crippen LogP contribution in [0, 0.1) is 0 Å². The summed E-state index contributed by atoms with van der Waals surface area (Å²) in [6, 6.07) is 15.5. The summed E-state index contributed by atoms with van der Waals surface area (Å²) in [6.45, 7) is 0. The number of nitrogens with zero attached hydrogens (tertiary/aromatic N) is 2. The highest BCUT2D eigenvalue weighted by atomic mass is 19.4. The van der Waals surface area contributed by atoms with Gasteiger partial charge in [0.15, 0.2) is 0 Å². The minimum absolute atomic E-state index is 0.0947. The maximum Gasteiger partial charge on any atom is 0.419 e. The number of aromatic nitrogens is 2. The van der Waals surface area contributed by atoms with Gasteiger partial charge in [-0.15, -0.1) is 0 Å². The number of nitrogens with one attached hydrogen (secondary N) is 1. The zero-order valence-electron chi connectivity index (χ0n) is 19.2. The van der Waals surface area contributed by atoms with E-state index in [1.165, 1.54) is 56.1 Å². The fourth-order valence-electron chi connectivity index (χ4n) is 5.45. The molecule has 2 saturated carbocycles. The van der Waals surface area contributed by atoms with Crippen molar-refractivity contribution in [2.45, 2.75) is 75.8 Å². The minimum atomic E-state index is -4.53. The fourth-order valence-corrected chi connectivity index (χ4v) is 5.45. The second-order valence-electron chi connectivity index (χ2n) is 9.64. The van der Waals surface area contributed by atoms with E-state index in [2.05, 4.69) is 27.4 Å². The van der Waals surface area contributed by atoms with Gasteiger partial charge in [-0.1, -0.05) is 68.5 Å². The van der Waals surface area contributed by atoms with Gasteiger partial charge in [0.25, 0.3) is 0 Å². The quantitative estimate of drug-likeness (QED) is 0.410. The molecule has 2 aliphatic carbocycles. The maximum absolute atomic E-state index is 13.8. The van der Waals surface area contributed by atoms with E-state index in [-0.39, 0.29) is 11.6 Å². The summed E-state index contributed by atoms with van der Waals surface area (Å²) in [5.41, 5.74) is 2.82. The molecule has 5 rings (SSSR count). The van der Waals surface area contributed by atoms with Crippen molar-refractivity contribution in [3.8, 4) is 11.3 Å². The predicted octanol–water partition coefficient (Wildman–Crippen LogP) is 8.61. The number of hydrogen-bond donors (Lipinski definition) is 1. The normalized spacial score (nSPS) is 17.7. The highest BCUT2D eigenvalue weighted by Gasteiger charge is 2.35. The SMILES string of the molecule is FC(F)(F)c1cnc(Nc2ccc(C3CCCC3)cc2)nc1-c1ccc(C2CCCCC2)cc1. The van der Waals surface area contributed by atoms with E-state index in [0.717, 1.165) is 24.7 Å². The second-order valence-corrected chi connectivity index (χ2v) is 9.64. The van der Waals surface area contributed by atoms with E-state index < -0.39 is 11.7 Å². The molecule has 0 radical (unpaired) electrons. The Bertz CT molecular complexity index is 1100. The molecule has 0 atom stereocenters. The summed E-state index contributed by atoms with van der Waals surface area (Å²) in [7, 11) is 0. The van der Waals surface area contributed by atoms with Crippen LogP contribution in [-0.2, 0) is 6.18 Å². The van der Waals surface area contributed by atoms with E-state index in [1.807, 2.05) is 24.3 Å². The van der Waals surface area contributed by atoms with E-state index in [9.17, 15) is 13.2 Å². The summed E-state index contributed by atoms with van der Waals surface area (Å²) in [6.07, 6.45) is 7.33. The zero-order chi connectivity index (χ0) is 23.5. The van der Waals surface area contributed by atoms with Crippen molar-refractivity contribution < 1.29 is 13.2 Å². The van der Waals surface area contributed by atoms with Gasteiger partial charge in [0.2, 0.25) is 5.95 Å². The number of rotatable bonds is 5. The van der Waals surface area contributed by atoms with Crippen LogP contribution in [0.5, 0.6) is 0 Å². The Labute approximate surface area is 198 Å². The smallest absolute Gasteiger partial charge is 0.324 e. The molecule has 6 heteroatoms. The summed E-state index contributed by atoms with van der Waals surface area (Å²) in [4.78, 5) is 8.28. The topological polar surface area (TPSA) is 37.8 Å². The maximum atomic E-state index is 13.8. The van der Waals surface area contributed by atoms with Gasteiger partial charge in [-0.25, -0.2) is 9.97 Å². The molecule has 0 saturated heterocycles. The van der Waals surface area contributed by atoms with Crippen molar-refractivity contribution in [1.29, 1.82) is 0 Å². The van der Waals surface area contributed by atoms with Crippen molar-refractivity contribution in [2.75, 3.05) is 5.32 Å². The van der Waals surface area contributed by atoms with Gasteiger partial charge in [-0.2, -0.15) is 13.2 Å². The third kappa shape index (κ3) is 5.11. The van der Waals surface area contributed by atoms with Gasteiger partial charge >= 0.3 is 6.18 Å². The Morgan fingerprint density at radius 1 is 0.706 bits per heavy atom. The van der Waals surface area contributed by atoms with Crippen molar-refractivity contribution in [1.82, 2.24) is 9.97 Å². The summed E-state index contributed by atoms with van der Waals surface area (Å²) >= 11 is 0. The molecule has 34 heavy (non-hydrogen) atoms. The Morgan fingerprint density at radius 2 is 1.24 bits per heavy atom. The average Bonchev–Trinajstić information content (AvgIpc) is 3.40. The monoisotopic (exact) mass is 465 g/mol. The molecule has 0 bridgehead atoms. The van der Waals surface area contributed by atoms with Crippen LogP contribution in [0.3, 0.4) is 0 Å². The molecular formula is C28H30F3N3. The average molecular weight is 466 g/mol. The van der Waals surface area contributed by atoms with Crippen LogP contribution in [0.15, 0.2) is 54.7 Å². The Kier molecular flexibility index (Phi) is 6.57. The number of alkyl halides is 3. The molecule has 1 heterocycles. The molecule has 2 aromatic carbocycles.